The van der Waals surface area contributed by atoms with Crippen molar-refractivity contribution in [2.75, 3.05) is 37.7 Å². The molecular weight excluding hydrogens is 474 g/mol. The van der Waals surface area contributed by atoms with Crippen LogP contribution in [0.25, 0.3) is 0 Å². The third-order valence-corrected chi connectivity index (χ3v) is 7.82. The van der Waals surface area contributed by atoms with Crippen molar-refractivity contribution in [3.63, 3.8) is 0 Å². The molecule has 1 atom stereocenters. The third kappa shape index (κ3) is 6.25. The van der Waals surface area contributed by atoms with Gasteiger partial charge in [0, 0.05) is 31.9 Å². The zero-order chi connectivity index (χ0) is 25.5. The molecule has 1 aliphatic heterocycles. The molecule has 8 heteroatoms. The van der Waals surface area contributed by atoms with Crippen molar-refractivity contribution in [1.29, 1.82) is 0 Å². The van der Waals surface area contributed by atoms with E-state index < -0.39 is 16.1 Å². The van der Waals surface area contributed by atoms with E-state index in [4.69, 9.17) is 4.74 Å². The highest BCUT2D eigenvalue weighted by atomic mass is 32.2. The second kappa shape index (κ2) is 11.6. The molecule has 0 aromatic heterocycles. The van der Waals surface area contributed by atoms with Crippen LogP contribution < -0.4 is 14.4 Å². The molecule has 1 amide bonds. The van der Waals surface area contributed by atoms with Gasteiger partial charge in [-0.15, -0.1) is 0 Å². The highest BCUT2D eigenvalue weighted by Crippen LogP contribution is 2.23. The number of amides is 1. The summed E-state index contributed by atoms with van der Waals surface area (Å²) in [6.45, 7) is 6.63. The highest BCUT2D eigenvalue weighted by Gasteiger charge is 2.31. The minimum absolute atomic E-state index is 0.114. The number of carbonyl (C=O) groups is 1. The zero-order valence-electron chi connectivity index (χ0n) is 20.8. The van der Waals surface area contributed by atoms with Gasteiger partial charge in [-0.3, -0.25) is 4.79 Å². The first kappa shape index (κ1) is 25.7. The minimum Gasteiger partial charge on any atom is -0.494 e. The van der Waals surface area contributed by atoms with Crippen molar-refractivity contribution < 1.29 is 17.9 Å². The van der Waals surface area contributed by atoms with Gasteiger partial charge in [-0.2, -0.15) is 4.72 Å². The van der Waals surface area contributed by atoms with Crippen molar-refractivity contribution in [3.05, 3.63) is 90.0 Å². The third-order valence-electron chi connectivity index (χ3n) is 6.35. The maximum atomic E-state index is 13.6. The predicted molar refractivity (Wildman–Crippen MR) is 142 cm³/mol. The summed E-state index contributed by atoms with van der Waals surface area (Å²) >= 11 is 0. The average molecular weight is 508 g/mol. The molecule has 0 radical (unpaired) electrons. The van der Waals surface area contributed by atoms with Crippen molar-refractivity contribution in [3.8, 4) is 5.75 Å². The Kier molecular flexibility index (Phi) is 8.28. The standard InChI is InChI=1S/C28H33N3O4S/c1-3-35-27-15-14-25(20-22(27)2)36(33,34)29-26(21-23-10-6-4-7-11-23)28(32)31-18-16-30(17-19-31)24-12-8-5-9-13-24/h4-15,20,26,29H,3,16-19,21H2,1-2H3. The summed E-state index contributed by atoms with van der Waals surface area (Å²) in [4.78, 5) is 17.7. The molecule has 3 aromatic rings. The second-order valence-corrected chi connectivity index (χ2v) is 10.6. The molecule has 1 heterocycles. The Bertz CT molecular complexity index is 1260. The van der Waals surface area contributed by atoms with Gasteiger partial charge in [-0.25, -0.2) is 8.42 Å². The molecule has 7 nitrogen and oxygen atoms in total. The lowest BCUT2D eigenvalue weighted by Crippen LogP contribution is -2.55. The number of carbonyl (C=O) groups excluding carboxylic acids is 1. The molecule has 3 aromatic carbocycles. The largest absolute Gasteiger partial charge is 0.494 e. The highest BCUT2D eigenvalue weighted by molar-refractivity contribution is 7.89. The van der Waals surface area contributed by atoms with Crippen molar-refractivity contribution >= 4 is 21.6 Å². The molecule has 36 heavy (non-hydrogen) atoms. The van der Waals surface area contributed by atoms with E-state index in [-0.39, 0.29) is 17.2 Å². The minimum atomic E-state index is -3.93. The van der Waals surface area contributed by atoms with Crippen LogP contribution >= 0.6 is 0 Å². The number of nitrogens with zero attached hydrogens (tertiary/aromatic N) is 2. The number of rotatable bonds is 9. The van der Waals surface area contributed by atoms with Crippen LogP contribution in [-0.4, -0.2) is 58.1 Å². The SMILES string of the molecule is CCOc1ccc(S(=O)(=O)NC(Cc2ccccc2)C(=O)N2CCN(c3ccccc3)CC2)cc1C. The molecule has 190 valence electrons. The Hall–Kier alpha value is -3.36. The van der Waals surface area contributed by atoms with E-state index >= 15 is 0 Å². The molecule has 1 aliphatic rings. The second-order valence-electron chi connectivity index (χ2n) is 8.87. The van der Waals surface area contributed by atoms with Gasteiger partial charge in [-0.1, -0.05) is 48.5 Å². The van der Waals surface area contributed by atoms with Crippen LogP contribution in [0.1, 0.15) is 18.1 Å². The lowest BCUT2D eigenvalue weighted by molar-refractivity contribution is -0.133. The van der Waals surface area contributed by atoms with Gasteiger partial charge < -0.3 is 14.5 Å². The van der Waals surface area contributed by atoms with E-state index in [0.29, 0.717) is 38.5 Å². The van der Waals surface area contributed by atoms with E-state index in [1.165, 1.54) is 6.07 Å². The number of benzene rings is 3. The average Bonchev–Trinajstić information content (AvgIpc) is 2.90. The van der Waals surface area contributed by atoms with Crippen LogP contribution in [0.5, 0.6) is 5.75 Å². The number of hydrogen-bond donors (Lipinski definition) is 1. The van der Waals surface area contributed by atoms with Gasteiger partial charge >= 0.3 is 0 Å². The van der Waals surface area contributed by atoms with Crippen molar-refractivity contribution in [1.82, 2.24) is 9.62 Å². The first-order valence-electron chi connectivity index (χ1n) is 12.3. The number of piperazine rings is 1. The topological polar surface area (TPSA) is 78.9 Å². The van der Waals surface area contributed by atoms with Gasteiger partial charge in [0.1, 0.15) is 11.8 Å². The summed E-state index contributed by atoms with van der Waals surface area (Å²) in [6, 6.07) is 23.4. The van der Waals surface area contributed by atoms with Crippen LogP contribution in [0.4, 0.5) is 5.69 Å². The summed E-state index contributed by atoms with van der Waals surface area (Å²) in [5.74, 6) is 0.433. The van der Waals surface area contributed by atoms with Crippen molar-refractivity contribution in [2.45, 2.75) is 31.2 Å². The number of ether oxygens (including phenoxy) is 1. The normalized spacial score (nSPS) is 14.9. The number of hydrogen-bond acceptors (Lipinski definition) is 5. The lowest BCUT2D eigenvalue weighted by Gasteiger charge is -2.37. The van der Waals surface area contributed by atoms with Crippen molar-refractivity contribution in [2.24, 2.45) is 0 Å². The van der Waals surface area contributed by atoms with E-state index in [0.717, 1.165) is 16.8 Å². The number of nitrogens with one attached hydrogen (secondary N) is 1. The predicted octanol–water partition coefficient (Wildman–Crippen LogP) is 3.63. The molecule has 1 fully saturated rings. The fraction of sp³-hybridized carbons (Fsp3) is 0.321. The zero-order valence-corrected chi connectivity index (χ0v) is 21.6. The van der Waals surface area contributed by atoms with Gasteiger partial charge in [0.25, 0.3) is 0 Å². The maximum absolute atomic E-state index is 13.6. The molecule has 0 bridgehead atoms. The first-order chi connectivity index (χ1) is 17.4. The fourth-order valence-electron chi connectivity index (χ4n) is 4.44. The van der Waals surface area contributed by atoms with Crippen LogP contribution in [0.2, 0.25) is 0 Å². The Morgan fingerprint density at radius 2 is 1.58 bits per heavy atom. The number of aryl methyl sites for hydroxylation is 1. The fourth-order valence-corrected chi connectivity index (χ4v) is 5.71. The van der Waals surface area contributed by atoms with Crippen LogP contribution in [-0.2, 0) is 21.2 Å². The number of sulfonamides is 1. The van der Waals surface area contributed by atoms with Gasteiger partial charge in [-0.05, 0) is 61.7 Å². The molecule has 4 rings (SSSR count). The summed E-state index contributed by atoms with van der Waals surface area (Å²) in [5, 5.41) is 0. The maximum Gasteiger partial charge on any atom is 0.241 e. The molecule has 1 saturated heterocycles. The van der Waals surface area contributed by atoms with Crippen LogP contribution in [0.3, 0.4) is 0 Å². The van der Waals surface area contributed by atoms with E-state index in [1.807, 2.05) is 62.4 Å². The Morgan fingerprint density at radius 3 is 2.19 bits per heavy atom. The molecular formula is C28H33N3O4S. The quantitative estimate of drug-likeness (QED) is 0.479. The summed E-state index contributed by atoms with van der Waals surface area (Å²) in [7, 11) is -3.93. The Balaban J connectivity index is 1.52. The van der Waals surface area contributed by atoms with Crippen LogP contribution in [0.15, 0.2) is 83.8 Å². The summed E-state index contributed by atoms with van der Waals surface area (Å²) < 4.78 is 34.9. The number of para-hydroxylation sites is 1. The van der Waals surface area contributed by atoms with E-state index in [1.54, 1.807) is 17.0 Å². The monoisotopic (exact) mass is 507 g/mol. The first-order valence-corrected chi connectivity index (χ1v) is 13.7. The molecule has 0 saturated carbocycles. The molecule has 1 N–H and O–H groups in total. The van der Waals surface area contributed by atoms with E-state index in [9.17, 15) is 13.2 Å². The smallest absolute Gasteiger partial charge is 0.241 e. The van der Waals surface area contributed by atoms with Crippen LogP contribution in [0, 0.1) is 6.92 Å². The lowest BCUT2D eigenvalue weighted by atomic mass is 10.1. The Labute approximate surface area is 213 Å². The number of anilines is 1. The van der Waals surface area contributed by atoms with Gasteiger partial charge in [0.15, 0.2) is 0 Å². The molecule has 1 unspecified atom stereocenters. The molecule has 0 aliphatic carbocycles. The summed E-state index contributed by atoms with van der Waals surface area (Å²) in [5.41, 5.74) is 2.74. The Morgan fingerprint density at radius 1 is 0.944 bits per heavy atom. The van der Waals surface area contributed by atoms with Gasteiger partial charge in [0.05, 0.1) is 11.5 Å². The van der Waals surface area contributed by atoms with Gasteiger partial charge in [0.2, 0.25) is 15.9 Å². The van der Waals surface area contributed by atoms with E-state index in [2.05, 4.69) is 21.8 Å². The molecule has 0 spiro atoms. The summed E-state index contributed by atoms with van der Waals surface area (Å²) in [6.07, 6.45) is 0.272.